The Labute approximate surface area is 252 Å². The van der Waals surface area contributed by atoms with Gasteiger partial charge >= 0.3 is 13.8 Å². The number of phosphoric ester groups is 1. The van der Waals surface area contributed by atoms with Crippen molar-refractivity contribution in [1.29, 1.82) is 0 Å². The van der Waals surface area contributed by atoms with Crippen molar-refractivity contribution in [1.82, 2.24) is 0 Å². The van der Waals surface area contributed by atoms with Gasteiger partial charge in [0.05, 0.1) is 19.8 Å². The largest absolute Gasteiger partial charge is 0.472 e. The second-order valence-electron chi connectivity index (χ2n) is 11.4. The summed E-state index contributed by atoms with van der Waals surface area (Å²) in [5.41, 5.74) is 5.33. The molecular formula is C32H66NO7P. The highest BCUT2D eigenvalue weighted by atomic mass is 31.2. The highest BCUT2D eigenvalue weighted by Crippen LogP contribution is 2.43. The maximum absolute atomic E-state index is 12.4. The van der Waals surface area contributed by atoms with Crippen molar-refractivity contribution in [2.45, 2.75) is 168 Å². The second kappa shape index (κ2) is 30.9. The zero-order valence-corrected chi connectivity index (χ0v) is 27.7. The highest BCUT2D eigenvalue weighted by molar-refractivity contribution is 7.47. The molecule has 3 N–H and O–H groups in total. The van der Waals surface area contributed by atoms with Crippen LogP contribution in [0.5, 0.6) is 0 Å². The van der Waals surface area contributed by atoms with E-state index >= 15 is 0 Å². The van der Waals surface area contributed by atoms with Crippen LogP contribution in [0.25, 0.3) is 0 Å². The Bertz CT molecular complexity index is 609. The Morgan fingerprint density at radius 2 is 1.07 bits per heavy atom. The number of carbonyl (C=O) groups excluding carboxylic acids is 1. The first-order valence-corrected chi connectivity index (χ1v) is 18.5. The van der Waals surface area contributed by atoms with Crippen LogP contribution in [0.4, 0.5) is 0 Å². The van der Waals surface area contributed by atoms with E-state index in [9.17, 15) is 14.3 Å². The Balaban J connectivity index is 4.11. The first-order valence-electron chi connectivity index (χ1n) is 17.0. The van der Waals surface area contributed by atoms with Crippen LogP contribution in [0, 0.1) is 0 Å². The molecule has 0 saturated heterocycles. The number of unbranched alkanes of at least 4 members (excludes halogenated alkanes) is 20. The minimum absolute atomic E-state index is 0.0908. The number of hydrogen-bond donors (Lipinski definition) is 2. The molecule has 246 valence electrons. The van der Waals surface area contributed by atoms with E-state index in [0.717, 1.165) is 32.1 Å². The van der Waals surface area contributed by atoms with Crippen LogP contribution in [0.2, 0.25) is 0 Å². The van der Waals surface area contributed by atoms with Gasteiger partial charge in [0.15, 0.2) is 0 Å². The fourth-order valence-corrected chi connectivity index (χ4v) is 5.53. The minimum Gasteiger partial charge on any atom is -0.457 e. The Hall–Kier alpha value is -0.500. The van der Waals surface area contributed by atoms with Crippen LogP contribution in [-0.4, -0.2) is 49.9 Å². The number of rotatable bonds is 33. The van der Waals surface area contributed by atoms with E-state index in [1.165, 1.54) is 109 Å². The predicted octanol–water partition coefficient (Wildman–Crippen LogP) is 9.02. The Morgan fingerprint density at radius 3 is 1.54 bits per heavy atom. The summed E-state index contributed by atoms with van der Waals surface area (Å²) >= 11 is 0. The van der Waals surface area contributed by atoms with E-state index in [0.29, 0.717) is 13.0 Å². The SMILES string of the molecule is CCCCCCCCCCCCCCOCC(COP(=O)(O)OCCN)OC(=O)CCCCCCCCCCCC. The monoisotopic (exact) mass is 607 g/mol. The summed E-state index contributed by atoms with van der Waals surface area (Å²) in [6, 6.07) is 0. The summed E-state index contributed by atoms with van der Waals surface area (Å²) in [5, 5.41) is 0. The zero-order valence-electron chi connectivity index (χ0n) is 26.8. The van der Waals surface area contributed by atoms with Gasteiger partial charge < -0.3 is 20.1 Å². The molecule has 0 saturated carbocycles. The molecule has 2 atom stereocenters. The number of hydrogen-bond acceptors (Lipinski definition) is 7. The van der Waals surface area contributed by atoms with Crippen LogP contribution in [-0.2, 0) is 27.9 Å². The number of carbonyl (C=O) groups is 1. The maximum atomic E-state index is 12.4. The van der Waals surface area contributed by atoms with Gasteiger partial charge in [-0.3, -0.25) is 13.8 Å². The van der Waals surface area contributed by atoms with Gasteiger partial charge in [-0.2, -0.15) is 0 Å². The highest BCUT2D eigenvalue weighted by Gasteiger charge is 2.25. The maximum Gasteiger partial charge on any atom is 0.472 e. The van der Waals surface area contributed by atoms with E-state index in [1.807, 2.05) is 0 Å². The number of phosphoric acid groups is 1. The molecule has 0 aromatic carbocycles. The molecule has 0 aliphatic rings. The van der Waals surface area contributed by atoms with E-state index in [-0.39, 0.29) is 32.3 Å². The number of esters is 1. The molecule has 0 rings (SSSR count). The first-order chi connectivity index (χ1) is 19.9. The topological polar surface area (TPSA) is 117 Å². The van der Waals surface area contributed by atoms with Crippen molar-refractivity contribution in [3.8, 4) is 0 Å². The molecule has 41 heavy (non-hydrogen) atoms. The van der Waals surface area contributed by atoms with Crippen molar-refractivity contribution in [2.24, 2.45) is 5.73 Å². The van der Waals surface area contributed by atoms with Crippen LogP contribution in [0.15, 0.2) is 0 Å². The van der Waals surface area contributed by atoms with Gasteiger partial charge in [0.25, 0.3) is 0 Å². The van der Waals surface area contributed by atoms with E-state index < -0.39 is 13.9 Å². The normalized spacial score (nSPS) is 13.8. The predicted molar refractivity (Wildman–Crippen MR) is 169 cm³/mol. The van der Waals surface area contributed by atoms with Crippen LogP contribution < -0.4 is 5.73 Å². The molecule has 0 aliphatic heterocycles. The molecule has 0 fully saturated rings. The molecule has 8 nitrogen and oxygen atoms in total. The molecule has 9 heteroatoms. The fraction of sp³-hybridized carbons (Fsp3) is 0.969. The van der Waals surface area contributed by atoms with Crippen LogP contribution >= 0.6 is 7.82 Å². The third kappa shape index (κ3) is 30.8. The smallest absolute Gasteiger partial charge is 0.457 e. The summed E-state index contributed by atoms with van der Waals surface area (Å²) in [4.78, 5) is 22.2. The van der Waals surface area contributed by atoms with Gasteiger partial charge in [-0.15, -0.1) is 0 Å². The molecule has 0 aromatic heterocycles. The van der Waals surface area contributed by atoms with Crippen molar-refractivity contribution in [3.63, 3.8) is 0 Å². The van der Waals surface area contributed by atoms with Gasteiger partial charge in [-0.05, 0) is 12.8 Å². The molecule has 0 radical (unpaired) electrons. The third-order valence-corrected chi connectivity index (χ3v) is 8.26. The van der Waals surface area contributed by atoms with Crippen molar-refractivity contribution in [2.75, 3.05) is 33.0 Å². The second-order valence-corrected chi connectivity index (χ2v) is 12.8. The molecule has 0 aromatic rings. The first kappa shape index (κ1) is 40.5. The molecule has 0 aliphatic carbocycles. The molecule has 0 heterocycles. The summed E-state index contributed by atoms with van der Waals surface area (Å²) < 4.78 is 33.1. The van der Waals surface area contributed by atoms with Crippen molar-refractivity contribution in [3.05, 3.63) is 0 Å². The Morgan fingerprint density at radius 1 is 0.634 bits per heavy atom. The number of ether oxygens (including phenoxy) is 2. The van der Waals surface area contributed by atoms with Crippen LogP contribution in [0.3, 0.4) is 0 Å². The molecule has 0 spiro atoms. The standard InChI is InChI=1S/C32H66NO7P/c1-3-5-7-9-11-13-15-16-18-20-22-24-27-37-29-31(30-39-41(35,36)38-28-26-33)40-32(34)25-23-21-19-17-14-12-10-8-6-4-2/h31H,3-30,33H2,1-2H3,(H,35,36). The summed E-state index contributed by atoms with van der Waals surface area (Å²) in [5.74, 6) is -0.331. The van der Waals surface area contributed by atoms with Crippen molar-refractivity contribution < 1.29 is 32.8 Å². The summed E-state index contributed by atoms with van der Waals surface area (Å²) in [7, 11) is -4.25. The minimum atomic E-state index is -4.25. The summed E-state index contributed by atoms with van der Waals surface area (Å²) in [6.07, 6.45) is 26.8. The average Bonchev–Trinajstić information content (AvgIpc) is 2.96. The lowest BCUT2D eigenvalue weighted by Gasteiger charge is -2.20. The van der Waals surface area contributed by atoms with Gasteiger partial charge in [-0.25, -0.2) is 4.57 Å². The van der Waals surface area contributed by atoms with Crippen molar-refractivity contribution >= 4 is 13.8 Å². The molecule has 0 amide bonds. The van der Waals surface area contributed by atoms with Gasteiger partial charge in [0.1, 0.15) is 6.10 Å². The zero-order chi connectivity index (χ0) is 30.3. The van der Waals surface area contributed by atoms with Gasteiger partial charge in [0, 0.05) is 19.6 Å². The Kier molecular flexibility index (Phi) is 30.6. The van der Waals surface area contributed by atoms with E-state index in [1.54, 1.807) is 0 Å². The molecule has 0 bridgehead atoms. The van der Waals surface area contributed by atoms with Gasteiger partial charge in [-0.1, -0.05) is 142 Å². The van der Waals surface area contributed by atoms with E-state index in [2.05, 4.69) is 13.8 Å². The van der Waals surface area contributed by atoms with Gasteiger partial charge in [0.2, 0.25) is 0 Å². The van der Waals surface area contributed by atoms with Crippen LogP contribution in [0.1, 0.15) is 162 Å². The fourth-order valence-electron chi connectivity index (χ4n) is 4.76. The lowest BCUT2D eigenvalue weighted by atomic mass is 10.1. The number of nitrogens with two attached hydrogens (primary N) is 1. The quantitative estimate of drug-likeness (QED) is 0.0431. The summed E-state index contributed by atoms with van der Waals surface area (Å²) in [6.45, 7) is 4.92. The lowest BCUT2D eigenvalue weighted by Crippen LogP contribution is -2.28. The lowest BCUT2D eigenvalue weighted by molar-refractivity contribution is -0.154. The van der Waals surface area contributed by atoms with E-state index in [4.69, 9.17) is 24.3 Å². The third-order valence-electron chi connectivity index (χ3n) is 7.27. The average molecular weight is 608 g/mol. The molecular weight excluding hydrogens is 541 g/mol. The molecule has 2 unspecified atom stereocenters.